The van der Waals surface area contributed by atoms with Crippen molar-refractivity contribution in [3.8, 4) is 5.75 Å². The maximum atomic E-state index is 9.25. The minimum absolute atomic E-state index is 0.354. The second-order valence-electron chi connectivity index (χ2n) is 2.39. The van der Waals surface area contributed by atoms with Gasteiger partial charge in [0.1, 0.15) is 5.75 Å². The van der Waals surface area contributed by atoms with Crippen LogP contribution < -0.4 is 0 Å². The number of hydrogen-bond acceptors (Lipinski definition) is 1. The first-order valence-electron chi connectivity index (χ1n) is 3.07. The fourth-order valence-corrected chi connectivity index (χ4v) is 1.36. The van der Waals surface area contributed by atoms with E-state index in [0.29, 0.717) is 5.75 Å². The predicted octanol–water partition coefficient (Wildman–Crippen LogP) is 2.77. The van der Waals surface area contributed by atoms with E-state index in [2.05, 4.69) is 15.9 Å². The van der Waals surface area contributed by atoms with Crippen LogP contribution in [0.5, 0.6) is 5.75 Å². The van der Waals surface area contributed by atoms with E-state index in [4.69, 9.17) is 0 Å². The number of aromatic hydroxyl groups is 1. The van der Waals surface area contributed by atoms with Crippen molar-refractivity contribution in [1.82, 2.24) is 0 Å². The summed E-state index contributed by atoms with van der Waals surface area (Å²) < 4.78 is 0.963. The molecule has 0 aliphatic rings. The van der Waals surface area contributed by atoms with E-state index in [0.717, 1.165) is 15.6 Å². The smallest absolute Gasteiger partial charge is 0.119 e. The van der Waals surface area contributed by atoms with Gasteiger partial charge in [0.05, 0.1) is 0 Å². The molecule has 0 heterocycles. The van der Waals surface area contributed by atoms with E-state index in [1.807, 2.05) is 19.9 Å². The molecule has 54 valence electrons. The van der Waals surface area contributed by atoms with Crippen LogP contribution in [-0.2, 0) is 0 Å². The number of benzene rings is 1. The number of aryl methyl sites for hydroxylation is 1. The van der Waals surface area contributed by atoms with Gasteiger partial charge in [-0.05, 0) is 31.5 Å². The summed E-state index contributed by atoms with van der Waals surface area (Å²) in [6.07, 6.45) is 0. The summed E-state index contributed by atoms with van der Waals surface area (Å²) >= 11 is 3.34. The van der Waals surface area contributed by atoms with Crippen molar-refractivity contribution >= 4 is 15.9 Å². The number of phenolic OH excluding ortho intramolecular Hbond substituents is 1. The molecule has 0 aromatic heterocycles. The molecule has 0 aliphatic heterocycles. The highest BCUT2D eigenvalue weighted by Gasteiger charge is 1.99. The summed E-state index contributed by atoms with van der Waals surface area (Å²) in [4.78, 5) is 0. The van der Waals surface area contributed by atoms with Crippen LogP contribution in [0.4, 0.5) is 0 Å². The molecule has 1 rings (SSSR count). The van der Waals surface area contributed by atoms with Gasteiger partial charge in [-0.3, -0.25) is 0 Å². The van der Waals surface area contributed by atoms with Crippen molar-refractivity contribution < 1.29 is 5.11 Å². The number of halogens is 1. The van der Waals surface area contributed by atoms with Gasteiger partial charge in [-0.1, -0.05) is 15.9 Å². The van der Waals surface area contributed by atoms with E-state index >= 15 is 0 Å². The minimum Gasteiger partial charge on any atom is -0.508 e. The van der Waals surface area contributed by atoms with Crippen LogP contribution in [0.25, 0.3) is 0 Å². The number of hydrogen-bond donors (Lipinski definition) is 1. The lowest BCUT2D eigenvalue weighted by molar-refractivity contribution is 0.470. The molecule has 0 radical (unpaired) electrons. The van der Waals surface area contributed by atoms with Crippen LogP contribution in [0.15, 0.2) is 16.6 Å². The monoisotopic (exact) mass is 200 g/mol. The Kier molecular flexibility index (Phi) is 2.00. The Balaban J connectivity index is 3.31. The average Bonchev–Trinajstić information content (AvgIpc) is 1.82. The van der Waals surface area contributed by atoms with E-state index in [1.54, 1.807) is 6.07 Å². The maximum absolute atomic E-state index is 9.25. The Morgan fingerprint density at radius 2 is 1.90 bits per heavy atom. The van der Waals surface area contributed by atoms with Gasteiger partial charge in [0.25, 0.3) is 0 Å². The second kappa shape index (κ2) is 2.62. The molecule has 0 aliphatic carbocycles. The lowest BCUT2D eigenvalue weighted by Gasteiger charge is -2.01. The zero-order valence-corrected chi connectivity index (χ0v) is 7.57. The molecular weight excluding hydrogens is 192 g/mol. The summed E-state index contributed by atoms with van der Waals surface area (Å²) in [6, 6.07) is 3.73. The SMILES string of the molecule is Cc1cc(O)c(C)c(Br)c1. The van der Waals surface area contributed by atoms with Gasteiger partial charge >= 0.3 is 0 Å². The fourth-order valence-electron chi connectivity index (χ4n) is 0.796. The molecule has 0 atom stereocenters. The average molecular weight is 201 g/mol. The summed E-state index contributed by atoms with van der Waals surface area (Å²) in [5.74, 6) is 0.354. The summed E-state index contributed by atoms with van der Waals surface area (Å²) in [5.41, 5.74) is 1.96. The van der Waals surface area contributed by atoms with Crippen LogP contribution in [0.1, 0.15) is 11.1 Å². The Hall–Kier alpha value is -0.500. The van der Waals surface area contributed by atoms with E-state index in [9.17, 15) is 5.11 Å². The first-order valence-corrected chi connectivity index (χ1v) is 3.86. The second-order valence-corrected chi connectivity index (χ2v) is 3.25. The third-order valence-electron chi connectivity index (χ3n) is 1.46. The highest BCUT2D eigenvalue weighted by Crippen LogP contribution is 2.26. The highest BCUT2D eigenvalue weighted by molar-refractivity contribution is 9.10. The summed E-state index contributed by atoms with van der Waals surface area (Å²) in [7, 11) is 0. The largest absolute Gasteiger partial charge is 0.508 e. The number of rotatable bonds is 0. The minimum atomic E-state index is 0.354. The van der Waals surface area contributed by atoms with Gasteiger partial charge in [0.2, 0.25) is 0 Å². The predicted molar refractivity (Wildman–Crippen MR) is 45.3 cm³/mol. The Morgan fingerprint density at radius 1 is 1.30 bits per heavy atom. The van der Waals surface area contributed by atoms with Gasteiger partial charge in [-0.15, -0.1) is 0 Å². The van der Waals surface area contributed by atoms with E-state index < -0.39 is 0 Å². The lowest BCUT2D eigenvalue weighted by atomic mass is 10.1. The Labute approximate surface area is 68.8 Å². The highest BCUT2D eigenvalue weighted by atomic mass is 79.9. The van der Waals surface area contributed by atoms with Crippen LogP contribution in [-0.4, -0.2) is 5.11 Å². The van der Waals surface area contributed by atoms with Gasteiger partial charge in [-0.2, -0.15) is 0 Å². The topological polar surface area (TPSA) is 20.2 Å². The van der Waals surface area contributed by atoms with Crippen molar-refractivity contribution in [2.75, 3.05) is 0 Å². The van der Waals surface area contributed by atoms with Gasteiger partial charge in [0, 0.05) is 10.0 Å². The molecule has 0 saturated carbocycles. The third-order valence-corrected chi connectivity index (χ3v) is 2.28. The molecule has 0 saturated heterocycles. The molecule has 1 aromatic rings. The van der Waals surface area contributed by atoms with Crippen molar-refractivity contribution in [2.24, 2.45) is 0 Å². The molecule has 0 amide bonds. The van der Waals surface area contributed by atoms with Crippen molar-refractivity contribution in [3.05, 3.63) is 27.7 Å². The first kappa shape index (κ1) is 7.61. The fraction of sp³-hybridized carbons (Fsp3) is 0.250. The van der Waals surface area contributed by atoms with Crippen molar-refractivity contribution in [2.45, 2.75) is 13.8 Å². The van der Waals surface area contributed by atoms with Crippen molar-refractivity contribution in [1.29, 1.82) is 0 Å². The molecule has 2 heteroatoms. The normalized spacial score (nSPS) is 9.90. The molecule has 0 fully saturated rings. The zero-order valence-electron chi connectivity index (χ0n) is 5.98. The Morgan fingerprint density at radius 3 is 2.40 bits per heavy atom. The zero-order chi connectivity index (χ0) is 7.72. The van der Waals surface area contributed by atoms with E-state index in [-0.39, 0.29) is 0 Å². The van der Waals surface area contributed by atoms with Crippen LogP contribution in [0, 0.1) is 13.8 Å². The van der Waals surface area contributed by atoms with Gasteiger partial charge < -0.3 is 5.11 Å². The van der Waals surface area contributed by atoms with Gasteiger partial charge in [-0.25, -0.2) is 0 Å². The van der Waals surface area contributed by atoms with E-state index in [1.165, 1.54) is 0 Å². The molecule has 10 heavy (non-hydrogen) atoms. The van der Waals surface area contributed by atoms with Crippen LogP contribution in [0.2, 0.25) is 0 Å². The molecule has 1 N–H and O–H groups in total. The molecule has 0 unspecified atom stereocenters. The third kappa shape index (κ3) is 1.32. The molecule has 1 aromatic carbocycles. The standard InChI is InChI=1S/C8H9BrO/c1-5-3-7(9)6(2)8(10)4-5/h3-4,10H,1-2H3. The summed E-state index contributed by atoms with van der Waals surface area (Å²) in [6.45, 7) is 3.82. The number of phenols is 1. The lowest BCUT2D eigenvalue weighted by Crippen LogP contribution is -1.79. The molecule has 0 bridgehead atoms. The Bertz CT molecular complexity index is 232. The van der Waals surface area contributed by atoms with Crippen LogP contribution in [0.3, 0.4) is 0 Å². The van der Waals surface area contributed by atoms with Crippen molar-refractivity contribution in [3.63, 3.8) is 0 Å². The molecule has 1 nitrogen and oxygen atoms in total. The van der Waals surface area contributed by atoms with Crippen LogP contribution >= 0.6 is 15.9 Å². The maximum Gasteiger partial charge on any atom is 0.119 e. The first-order chi connectivity index (χ1) is 4.61. The quantitative estimate of drug-likeness (QED) is 0.684. The van der Waals surface area contributed by atoms with Gasteiger partial charge in [0.15, 0.2) is 0 Å². The molecule has 0 spiro atoms. The summed E-state index contributed by atoms with van der Waals surface area (Å²) in [5, 5.41) is 9.25. The molecular formula is C8H9BrO.